The lowest BCUT2D eigenvalue weighted by atomic mass is 10.4. The number of fused-ring (bicyclic) bond motifs is 1. The SMILES string of the molecule is Cc1cc(C)n2nc(S[C@@H](C)C(N)=O)nc2n1. The van der Waals surface area contributed by atoms with E-state index in [0.717, 1.165) is 11.4 Å². The highest BCUT2D eigenvalue weighted by Gasteiger charge is 2.15. The highest BCUT2D eigenvalue weighted by atomic mass is 32.2. The maximum absolute atomic E-state index is 11.0. The number of primary amides is 1. The fourth-order valence-corrected chi connectivity index (χ4v) is 2.11. The van der Waals surface area contributed by atoms with Crippen molar-refractivity contribution in [2.45, 2.75) is 31.2 Å². The number of aryl methyl sites for hydroxylation is 2. The second-order valence-electron chi connectivity index (χ2n) is 3.81. The van der Waals surface area contributed by atoms with Gasteiger partial charge in [-0.2, -0.15) is 4.98 Å². The van der Waals surface area contributed by atoms with Crippen molar-refractivity contribution < 1.29 is 4.79 Å². The van der Waals surface area contributed by atoms with E-state index in [1.54, 1.807) is 11.4 Å². The van der Waals surface area contributed by atoms with Gasteiger partial charge in [0.25, 0.3) is 5.78 Å². The Bertz CT molecular complexity index is 579. The van der Waals surface area contributed by atoms with Crippen molar-refractivity contribution >= 4 is 23.4 Å². The Kier molecular flexibility index (Phi) is 3.01. The van der Waals surface area contributed by atoms with Crippen LogP contribution >= 0.6 is 11.8 Å². The first kappa shape index (κ1) is 11.8. The fourth-order valence-electron chi connectivity index (χ4n) is 1.41. The van der Waals surface area contributed by atoms with E-state index < -0.39 is 0 Å². The normalized spacial score (nSPS) is 12.9. The van der Waals surface area contributed by atoms with Crippen molar-refractivity contribution in [2.24, 2.45) is 5.73 Å². The molecule has 0 unspecified atom stereocenters. The molecule has 90 valence electrons. The first-order valence-electron chi connectivity index (χ1n) is 5.14. The van der Waals surface area contributed by atoms with Crippen LogP contribution in [0.25, 0.3) is 5.78 Å². The van der Waals surface area contributed by atoms with E-state index in [1.807, 2.05) is 19.9 Å². The Labute approximate surface area is 103 Å². The predicted octanol–water partition coefficient (Wildman–Crippen LogP) is 0.707. The smallest absolute Gasteiger partial charge is 0.253 e. The average molecular weight is 251 g/mol. The van der Waals surface area contributed by atoms with E-state index >= 15 is 0 Å². The molecule has 0 aromatic carbocycles. The van der Waals surface area contributed by atoms with Gasteiger partial charge in [-0.3, -0.25) is 4.79 Å². The monoisotopic (exact) mass is 251 g/mol. The molecule has 1 atom stereocenters. The molecular weight excluding hydrogens is 238 g/mol. The van der Waals surface area contributed by atoms with Gasteiger partial charge < -0.3 is 5.73 Å². The molecule has 1 amide bonds. The molecule has 6 nitrogen and oxygen atoms in total. The van der Waals surface area contributed by atoms with Crippen molar-refractivity contribution in [1.82, 2.24) is 19.6 Å². The quantitative estimate of drug-likeness (QED) is 0.812. The van der Waals surface area contributed by atoms with Gasteiger partial charge in [0, 0.05) is 11.4 Å². The van der Waals surface area contributed by atoms with Crippen LogP contribution in [0.5, 0.6) is 0 Å². The van der Waals surface area contributed by atoms with Gasteiger partial charge in [-0.25, -0.2) is 9.50 Å². The van der Waals surface area contributed by atoms with Gasteiger partial charge in [0.05, 0.1) is 5.25 Å². The first-order valence-corrected chi connectivity index (χ1v) is 6.02. The number of hydrogen-bond donors (Lipinski definition) is 1. The zero-order valence-electron chi connectivity index (χ0n) is 9.84. The molecule has 0 bridgehead atoms. The molecule has 0 saturated carbocycles. The van der Waals surface area contributed by atoms with E-state index in [2.05, 4.69) is 15.1 Å². The molecule has 2 aromatic heterocycles. The van der Waals surface area contributed by atoms with Crippen LogP contribution in [0.15, 0.2) is 11.2 Å². The highest BCUT2D eigenvalue weighted by Crippen LogP contribution is 2.20. The Morgan fingerprint density at radius 2 is 2.18 bits per heavy atom. The number of amides is 1. The minimum atomic E-state index is -0.380. The second kappa shape index (κ2) is 4.33. The van der Waals surface area contributed by atoms with Gasteiger partial charge in [-0.15, -0.1) is 5.10 Å². The number of thioether (sulfide) groups is 1. The maximum Gasteiger partial charge on any atom is 0.253 e. The summed E-state index contributed by atoms with van der Waals surface area (Å²) in [6.45, 7) is 5.56. The van der Waals surface area contributed by atoms with Crippen LogP contribution in [-0.2, 0) is 4.79 Å². The molecule has 2 rings (SSSR count). The van der Waals surface area contributed by atoms with Crippen LogP contribution in [0.2, 0.25) is 0 Å². The largest absolute Gasteiger partial charge is 0.369 e. The summed E-state index contributed by atoms with van der Waals surface area (Å²) in [5.41, 5.74) is 7.04. The average Bonchev–Trinajstić information content (AvgIpc) is 2.60. The van der Waals surface area contributed by atoms with Crippen molar-refractivity contribution in [2.75, 3.05) is 0 Å². The van der Waals surface area contributed by atoms with Crippen LogP contribution in [0, 0.1) is 13.8 Å². The number of nitrogens with zero attached hydrogens (tertiary/aromatic N) is 4. The van der Waals surface area contributed by atoms with Gasteiger partial charge in [0.15, 0.2) is 0 Å². The first-order chi connectivity index (χ1) is 7.97. The van der Waals surface area contributed by atoms with Crippen molar-refractivity contribution in [3.8, 4) is 0 Å². The van der Waals surface area contributed by atoms with Gasteiger partial charge >= 0.3 is 0 Å². The number of hydrogen-bond acceptors (Lipinski definition) is 5. The molecule has 2 aromatic rings. The second-order valence-corrected chi connectivity index (χ2v) is 5.12. The summed E-state index contributed by atoms with van der Waals surface area (Å²) in [6.07, 6.45) is 0. The van der Waals surface area contributed by atoms with Gasteiger partial charge in [-0.1, -0.05) is 11.8 Å². The molecule has 0 aliphatic rings. The minimum Gasteiger partial charge on any atom is -0.369 e. The van der Waals surface area contributed by atoms with Crippen molar-refractivity contribution in [3.63, 3.8) is 0 Å². The Balaban J connectivity index is 2.38. The van der Waals surface area contributed by atoms with Gasteiger partial charge in [0.2, 0.25) is 11.1 Å². The Hall–Kier alpha value is -1.63. The van der Waals surface area contributed by atoms with Crippen LogP contribution in [0.1, 0.15) is 18.3 Å². The summed E-state index contributed by atoms with van der Waals surface area (Å²) < 4.78 is 1.66. The summed E-state index contributed by atoms with van der Waals surface area (Å²) in [4.78, 5) is 19.5. The lowest BCUT2D eigenvalue weighted by Crippen LogP contribution is -2.22. The number of carbonyl (C=O) groups excluding carboxylic acids is 1. The molecule has 0 spiro atoms. The Morgan fingerprint density at radius 1 is 1.47 bits per heavy atom. The van der Waals surface area contributed by atoms with E-state index in [-0.39, 0.29) is 11.2 Å². The molecule has 0 radical (unpaired) electrons. The molecule has 0 aliphatic heterocycles. The minimum absolute atomic E-state index is 0.353. The third-order valence-electron chi connectivity index (χ3n) is 2.28. The standard InChI is InChI=1S/C10H13N5OS/c1-5-4-6(2)15-9(12-5)13-10(14-15)17-7(3)8(11)16/h4,7H,1-3H3,(H2,11,16)/t7-/m0/s1. The number of rotatable bonds is 3. The molecule has 2 N–H and O–H groups in total. The lowest BCUT2D eigenvalue weighted by Gasteiger charge is -2.01. The third kappa shape index (κ3) is 2.38. The molecule has 0 fully saturated rings. The van der Waals surface area contributed by atoms with Crippen molar-refractivity contribution in [1.29, 1.82) is 0 Å². The van der Waals surface area contributed by atoms with E-state index in [9.17, 15) is 4.79 Å². The molecular formula is C10H13N5OS. The lowest BCUT2D eigenvalue weighted by molar-refractivity contribution is -0.117. The summed E-state index contributed by atoms with van der Waals surface area (Å²) >= 11 is 1.23. The third-order valence-corrected chi connectivity index (χ3v) is 3.25. The van der Waals surface area contributed by atoms with Gasteiger partial charge in [-0.05, 0) is 26.8 Å². The number of aromatic nitrogens is 4. The maximum atomic E-state index is 11.0. The van der Waals surface area contributed by atoms with Crippen LogP contribution in [-0.4, -0.2) is 30.7 Å². The van der Waals surface area contributed by atoms with Crippen LogP contribution in [0.4, 0.5) is 0 Å². The van der Waals surface area contributed by atoms with E-state index in [4.69, 9.17) is 5.73 Å². The Morgan fingerprint density at radius 3 is 2.82 bits per heavy atom. The highest BCUT2D eigenvalue weighted by molar-refractivity contribution is 8.00. The molecule has 17 heavy (non-hydrogen) atoms. The summed E-state index contributed by atoms with van der Waals surface area (Å²) in [5.74, 6) is 0.163. The summed E-state index contributed by atoms with van der Waals surface area (Å²) in [6, 6.07) is 1.92. The molecule has 7 heteroatoms. The number of nitrogens with two attached hydrogens (primary N) is 1. The van der Waals surface area contributed by atoms with Crippen molar-refractivity contribution in [3.05, 3.63) is 17.5 Å². The van der Waals surface area contributed by atoms with Crippen LogP contribution in [0.3, 0.4) is 0 Å². The summed E-state index contributed by atoms with van der Waals surface area (Å²) in [7, 11) is 0. The predicted molar refractivity (Wildman–Crippen MR) is 64.8 cm³/mol. The van der Waals surface area contributed by atoms with Crippen LogP contribution < -0.4 is 5.73 Å². The molecule has 2 heterocycles. The fraction of sp³-hybridized carbons (Fsp3) is 0.400. The van der Waals surface area contributed by atoms with Gasteiger partial charge in [0.1, 0.15) is 0 Å². The van der Waals surface area contributed by atoms with E-state index in [0.29, 0.717) is 10.9 Å². The molecule has 0 saturated heterocycles. The zero-order chi connectivity index (χ0) is 12.6. The summed E-state index contributed by atoms with van der Waals surface area (Å²) in [5, 5.41) is 4.43. The topological polar surface area (TPSA) is 86.2 Å². The molecule has 0 aliphatic carbocycles. The van der Waals surface area contributed by atoms with E-state index in [1.165, 1.54) is 11.8 Å². The number of carbonyl (C=O) groups is 1. The zero-order valence-corrected chi connectivity index (χ0v) is 10.7.